The molecule has 0 N–H and O–H groups in total. The van der Waals surface area contributed by atoms with Crippen LogP contribution < -0.4 is 26.2 Å². The van der Waals surface area contributed by atoms with Crippen molar-refractivity contribution in [3.05, 3.63) is 357 Å². The summed E-state index contributed by atoms with van der Waals surface area (Å²) in [6.07, 6.45) is 0. The molecule has 4 heterocycles. The molecule has 105 heavy (non-hydrogen) atoms. The van der Waals surface area contributed by atoms with Crippen LogP contribution in [0.15, 0.2) is 346 Å². The molecule has 5 heteroatoms. The number of fused-ring (bicyclic) bond motifs is 12. The number of benzene rings is 16. The van der Waals surface area contributed by atoms with Gasteiger partial charge in [-0.25, -0.2) is 0 Å². The van der Waals surface area contributed by atoms with Crippen molar-refractivity contribution in [3.63, 3.8) is 0 Å². The SMILES string of the molecule is CC(C)(C)c1cc(-c2ccccc2)c(N2c3cc(-c4c5ccccc5cc5ccccc45)ccc3B3c4ccc(-n5c6ccccc6c6ccccc65)cc4N(c4c(-c5ccccc5)cc(C(C)(C)C)cc4-c4ccccc4)c4cc(-n5c6ccccc6c6ccccc65)cc2c43)c(-c2ccccc2)c1. The van der Waals surface area contributed by atoms with Crippen LogP contribution in [0.3, 0.4) is 0 Å². The van der Waals surface area contributed by atoms with Crippen LogP contribution in [0.4, 0.5) is 34.1 Å². The van der Waals surface area contributed by atoms with Crippen molar-refractivity contribution in [2.45, 2.75) is 52.4 Å². The number of hydrogen-bond donors (Lipinski definition) is 0. The van der Waals surface area contributed by atoms with E-state index in [1.54, 1.807) is 0 Å². The molecule has 0 unspecified atom stereocenters. The summed E-state index contributed by atoms with van der Waals surface area (Å²) in [6.45, 7) is 13.9. The monoisotopic (exact) mass is 1340 g/mol. The minimum atomic E-state index is -0.284. The van der Waals surface area contributed by atoms with E-state index in [9.17, 15) is 0 Å². The summed E-state index contributed by atoms with van der Waals surface area (Å²) in [7, 11) is 0. The molecule has 0 aliphatic carbocycles. The maximum absolute atomic E-state index is 2.74. The van der Waals surface area contributed by atoms with Crippen molar-refractivity contribution in [3.8, 4) is 67.0 Å². The Morgan fingerprint density at radius 3 is 0.943 bits per heavy atom. The molecule has 2 aromatic heterocycles. The van der Waals surface area contributed by atoms with Crippen LogP contribution in [0.5, 0.6) is 0 Å². The maximum Gasteiger partial charge on any atom is 0.252 e. The highest BCUT2D eigenvalue weighted by atomic mass is 15.2. The lowest BCUT2D eigenvalue weighted by molar-refractivity contribution is 0.590. The molecular formula is C100H75BN4. The average molecular weight is 1340 g/mol. The summed E-state index contributed by atoms with van der Waals surface area (Å²) in [5.74, 6) is 0. The second-order valence-electron chi connectivity index (χ2n) is 30.8. The van der Waals surface area contributed by atoms with Crippen molar-refractivity contribution in [1.82, 2.24) is 9.13 Å². The first-order chi connectivity index (χ1) is 51.4. The Kier molecular flexibility index (Phi) is 14.2. The second-order valence-corrected chi connectivity index (χ2v) is 30.8. The zero-order valence-corrected chi connectivity index (χ0v) is 59.8. The Labute approximate surface area is 613 Å². The van der Waals surface area contributed by atoms with E-state index in [-0.39, 0.29) is 17.5 Å². The minimum absolute atomic E-state index is 0.216. The Morgan fingerprint density at radius 1 is 0.248 bits per heavy atom. The lowest BCUT2D eigenvalue weighted by Crippen LogP contribution is -2.61. The third-order valence-corrected chi connectivity index (χ3v) is 22.5. The molecule has 20 rings (SSSR count). The van der Waals surface area contributed by atoms with Gasteiger partial charge in [0.05, 0.1) is 39.1 Å². The van der Waals surface area contributed by atoms with Crippen LogP contribution in [0.1, 0.15) is 52.7 Å². The molecule has 0 radical (unpaired) electrons. The van der Waals surface area contributed by atoms with Crippen molar-refractivity contribution >= 4 is 122 Å². The number of hydrogen-bond acceptors (Lipinski definition) is 2. The van der Waals surface area contributed by atoms with Gasteiger partial charge in [0.2, 0.25) is 0 Å². The van der Waals surface area contributed by atoms with Crippen molar-refractivity contribution in [2.24, 2.45) is 0 Å². The zero-order chi connectivity index (χ0) is 70.4. The van der Waals surface area contributed by atoms with Gasteiger partial charge in [0.15, 0.2) is 0 Å². The highest BCUT2D eigenvalue weighted by molar-refractivity contribution is 7.00. The lowest BCUT2D eigenvalue weighted by atomic mass is 9.33. The largest absolute Gasteiger partial charge is 0.310 e. The van der Waals surface area contributed by atoms with Gasteiger partial charge >= 0.3 is 0 Å². The molecule has 498 valence electrons. The number of anilines is 6. The van der Waals surface area contributed by atoms with Crippen LogP contribution in [0.25, 0.3) is 132 Å². The highest BCUT2D eigenvalue weighted by Gasteiger charge is 2.46. The normalized spacial score (nSPS) is 12.8. The van der Waals surface area contributed by atoms with Gasteiger partial charge in [0, 0.05) is 72.2 Å². The first kappa shape index (κ1) is 62.1. The third-order valence-electron chi connectivity index (χ3n) is 22.5. The van der Waals surface area contributed by atoms with Crippen LogP contribution >= 0.6 is 0 Å². The van der Waals surface area contributed by atoms with E-state index in [1.165, 1.54) is 76.2 Å². The van der Waals surface area contributed by atoms with Gasteiger partial charge in [0.1, 0.15) is 0 Å². The lowest BCUT2D eigenvalue weighted by Gasteiger charge is -2.46. The minimum Gasteiger partial charge on any atom is -0.310 e. The number of aromatic nitrogens is 2. The quantitative estimate of drug-likeness (QED) is 0.106. The van der Waals surface area contributed by atoms with Gasteiger partial charge in [-0.2, -0.15) is 0 Å². The molecule has 18 aromatic rings. The summed E-state index contributed by atoms with van der Waals surface area (Å²) in [5, 5.41) is 9.71. The molecule has 0 atom stereocenters. The number of rotatable bonds is 9. The van der Waals surface area contributed by atoms with Crippen LogP contribution in [0.2, 0.25) is 0 Å². The molecule has 0 saturated carbocycles. The van der Waals surface area contributed by atoms with Crippen molar-refractivity contribution in [1.29, 1.82) is 0 Å². The summed E-state index contributed by atoms with van der Waals surface area (Å²) in [5.41, 5.74) is 30.7. The molecule has 0 saturated heterocycles. The highest BCUT2D eigenvalue weighted by Crippen LogP contribution is 2.56. The molecule has 0 fully saturated rings. The van der Waals surface area contributed by atoms with Gasteiger partial charge in [0.25, 0.3) is 6.71 Å². The molecule has 0 amide bonds. The van der Waals surface area contributed by atoms with E-state index in [0.29, 0.717) is 0 Å². The van der Waals surface area contributed by atoms with Crippen LogP contribution in [-0.4, -0.2) is 15.8 Å². The first-order valence-electron chi connectivity index (χ1n) is 36.9. The van der Waals surface area contributed by atoms with E-state index in [1.807, 2.05) is 0 Å². The number of para-hydroxylation sites is 4. The fourth-order valence-electron chi connectivity index (χ4n) is 17.6. The van der Waals surface area contributed by atoms with E-state index in [0.717, 1.165) is 118 Å². The fourth-order valence-corrected chi connectivity index (χ4v) is 17.6. The first-order valence-corrected chi connectivity index (χ1v) is 36.9. The third kappa shape index (κ3) is 9.89. The molecular weight excluding hydrogens is 1270 g/mol. The Bertz CT molecular complexity index is 6270. The van der Waals surface area contributed by atoms with Crippen molar-refractivity contribution in [2.75, 3.05) is 9.80 Å². The molecule has 16 aromatic carbocycles. The van der Waals surface area contributed by atoms with E-state index in [4.69, 9.17) is 0 Å². The Hall–Kier alpha value is -12.7. The summed E-state index contributed by atoms with van der Waals surface area (Å²) >= 11 is 0. The van der Waals surface area contributed by atoms with Gasteiger partial charge in [-0.05, 0) is 178 Å². The van der Waals surface area contributed by atoms with Crippen molar-refractivity contribution < 1.29 is 0 Å². The van der Waals surface area contributed by atoms with E-state index in [2.05, 4.69) is 406 Å². The average Bonchev–Trinajstić information content (AvgIpc) is 1.10. The van der Waals surface area contributed by atoms with Gasteiger partial charge in [-0.3, -0.25) is 0 Å². The summed E-state index contributed by atoms with van der Waals surface area (Å²) in [6, 6.07) is 131. The topological polar surface area (TPSA) is 16.3 Å². The van der Waals surface area contributed by atoms with E-state index >= 15 is 0 Å². The number of nitrogens with zero attached hydrogens (tertiary/aromatic N) is 4. The Morgan fingerprint density at radius 2 is 0.562 bits per heavy atom. The zero-order valence-electron chi connectivity index (χ0n) is 59.8. The molecule has 0 bridgehead atoms. The fraction of sp³-hybridized carbons (Fsp3) is 0.0800. The molecule has 0 spiro atoms. The van der Waals surface area contributed by atoms with E-state index < -0.39 is 0 Å². The smallest absolute Gasteiger partial charge is 0.252 e. The van der Waals surface area contributed by atoms with Crippen LogP contribution in [0, 0.1) is 0 Å². The molecule has 4 nitrogen and oxygen atoms in total. The maximum atomic E-state index is 2.74. The molecule has 2 aliphatic rings. The summed E-state index contributed by atoms with van der Waals surface area (Å²) < 4.78 is 5.06. The predicted octanol–water partition coefficient (Wildman–Crippen LogP) is 25.2. The Balaban J connectivity index is 1.01. The van der Waals surface area contributed by atoms with Crippen LogP contribution in [-0.2, 0) is 10.8 Å². The van der Waals surface area contributed by atoms with Gasteiger partial charge in [-0.15, -0.1) is 0 Å². The van der Waals surface area contributed by atoms with Gasteiger partial charge < -0.3 is 18.9 Å². The second kappa shape index (κ2) is 24.0. The molecule has 2 aliphatic heterocycles. The summed E-state index contributed by atoms with van der Waals surface area (Å²) in [4.78, 5) is 5.47. The predicted molar refractivity (Wildman–Crippen MR) is 449 cm³/mol. The van der Waals surface area contributed by atoms with Gasteiger partial charge in [-0.1, -0.05) is 302 Å². The standard InChI is InChI=1S/C100H75BN4/c1-99(2,3)71-57-81(64-31-11-7-12-32-64)97(82(58-71)65-33-13-8-14-34-65)104-91-56-70(95-75-41-21-19-39-68(75)55-69-40-20-22-42-76(69)95)51-53-85(91)101-86-54-52-73(102-87-47-27-23-43-77(87)78-44-24-28-48-88(78)102)61-92(86)105(94-63-74(62-93(104)96(94)101)103-89-49-29-25-45-79(89)80-46-26-30-50-90(80)103)98-83(66-35-15-9-16-36-66)59-72(100(4,5)6)60-84(98)67-37-17-10-18-38-67/h7-63H,1-6H3.